The third-order valence-electron chi connectivity index (χ3n) is 2.42. The van der Waals surface area contributed by atoms with Gasteiger partial charge in [0.1, 0.15) is 5.88 Å². The van der Waals surface area contributed by atoms with Crippen molar-refractivity contribution in [3.8, 4) is 0 Å². The zero-order valence-electron chi connectivity index (χ0n) is 10.6. The lowest BCUT2D eigenvalue weighted by Crippen LogP contribution is -2.37. The van der Waals surface area contributed by atoms with E-state index >= 15 is 0 Å². The van der Waals surface area contributed by atoms with Gasteiger partial charge in [-0.3, -0.25) is 4.79 Å². The second kappa shape index (κ2) is 7.76. The molecule has 0 aromatic heterocycles. The van der Waals surface area contributed by atoms with Gasteiger partial charge in [0.25, 0.3) is 5.91 Å². The number of carbonyl (C=O) groups is 2. The third kappa shape index (κ3) is 4.89. The molecule has 0 spiro atoms. The van der Waals surface area contributed by atoms with E-state index in [0.717, 1.165) is 10.6 Å². The van der Waals surface area contributed by atoms with Crippen LogP contribution in [0.25, 0.3) is 0 Å². The van der Waals surface area contributed by atoms with Gasteiger partial charge in [-0.05, 0) is 12.0 Å². The summed E-state index contributed by atoms with van der Waals surface area (Å²) in [6.45, 7) is 1.73. The monoisotopic (exact) mass is 285 g/mol. The number of nitrogens with zero attached hydrogens (tertiary/aromatic N) is 1. The van der Waals surface area contributed by atoms with Crippen LogP contribution in [0.4, 0.5) is 0 Å². The van der Waals surface area contributed by atoms with Crippen LogP contribution < -0.4 is 0 Å². The number of hydrogen-bond acceptors (Lipinski definition) is 4. The summed E-state index contributed by atoms with van der Waals surface area (Å²) in [5, 5.41) is 10.2. The molecule has 1 aromatic rings. The molecule has 0 radical (unpaired) electrons. The van der Waals surface area contributed by atoms with Crippen molar-refractivity contribution in [1.82, 2.24) is 5.06 Å². The summed E-state index contributed by atoms with van der Waals surface area (Å²) in [6, 6.07) is 9.03. The SMILES string of the molecule is CCC(O)C(=O)ON(Cc1ccccc1)C(=O)CCl. The molecule has 6 heteroatoms. The molecule has 1 N–H and O–H groups in total. The Balaban J connectivity index is 2.73. The largest absolute Gasteiger partial charge is 0.381 e. The van der Waals surface area contributed by atoms with Crippen LogP contribution >= 0.6 is 11.6 Å². The van der Waals surface area contributed by atoms with Gasteiger partial charge in [-0.15, -0.1) is 11.6 Å². The average Bonchev–Trinajstić information content (AvgIpc) is 2.45. The van der Waals surface area contributed by atoms with Crippen molar-refractivity contribution < 1.29 is 19.5 Å². The molecule has 1 rings (SSSR count). The van der Waals surface area contributed by atoms with Crippen LogP contribution in [-0.4, -0.2) is 34.0 Å². The van der Waals surface area contributed by atoms with E-state index in [4.69, 9.17) is 16.4 Å². The Bertz CT molecular complexity index is 424. The summed E-state index contributed by atoms with van der Waals surface area (Å²) in [7, 11) is 0. The summed E-state index contributed by atoms with van der Waals surface area (Å²) in [4.78, 5) is 28.0. The molecule has 1 unspecified atom stereocenters. The number of halogens is 1. The summed E-state index contributed by atoms with van der Waals surface area (Å²) in [6.07, 6.45) is -1.03. The van der Waals surface area contributed by atoms with Crippen LogP contribution in [0.3, 0.4) is 0 Å². The minimum Gasteiger partial charge on any atom is -0.381 e. The maximum Gasteiger partial charge on any atom is 0.360 e. The highest BCUT2D eigenvalue weighted by Gasteiger charge is 2.22. The van der Waals surface area contributed by atoms with Crippen LogP contribution in [0.15, 0.2) is 30.3 Å². The highest BCUT2D eigenvalue weighted by Crippen LogP contribution is 2.08. The van der Waals surface area contributed by atoms with E-state index in [0.29, 0.717) is 0 Å². The van der Waals surface area contributed by atoms with Crippen molar-refractivity contribution >= 4 is 23.5 Å². The van der Waals surface area contributed by atoms with Crippen molar-refractivity contribution in [2.45, 2.75) is 26.0 Å². The average molecular weight is 286 g/mol. The van der Waals surface area contributed by atoms with Gasteiger partial charge in [-0.2, -0.15) is 5.06 Å². The molecular weight excluding hydrogens is 270 g/mol. The Morgan fingerprint density at radius 1 is 1.37 bits per heavy atom. The quantitative estimate of drug-likeness (QED) is 0.657. The predicted octanol–water partition coefficient (Wildman–Crippen LogP) is 1.48. The number of hydrogen-bond donors (Lipinski definition) is 1. The van der Waals surface area contributed by atoms with Gasteiger partial charge in [0.2, 0.25) is 0 Å². The first kappa shape index (κ1) is 15.5. The Labute approximate surface area is 116 Å². The maximum atomic E-state index is 11.6. The number of rotatable bonds is 5. The first-order valence-electron chi connectivity index (χ1n) is 5.88. The van der Waals surface area contributed by atoms with Crippen LogP contribution in [0.1, 0.15) is 18.9 Å². The highest BCUT2D eigenvalue weighted by molar-refractivity contribution is 6.27. The molecule has 1 atom stereocenters. The predicted molar refractivity (Wildman–Crippen MR) is 70.1 cm³/mol. The van der Waals surface area contributed by atoms with Gasteiger partial charge in [0, 0.05) is 0 Å². The molecule has 0 aliphatic carbocycles. The molecule has 5 nitrogen and oxygen atoms in total. The van der Waals surface area contributed by atoms with Crippen molar-refractivity contribution in [3.63, 3.8) is 0 Å². The van der Waals surface area contributed by atoms with E-state index in [1.807, 2.05) is 6.07 Å². The van der Waals surface area contributed by atoms with Crippen molar-refractivity contribution in [2.75, 3.05) is 5.88 Å². The van der Waals surface area contributed by atoms with E-state index in [-0.39, 0.29) is 18.8 Å². The van der Waals surface area contributed by atoms with E-state index < -0.39 is 18.0 Å². The van der Waals surface area contributed by atoms with Crippen molar-refractivity contribution in [3.05, 3.63) is 35.9 Å². The normalized spacial score (nSPS) is 11.7. The number of alkyl halides is 1. The molecule has 0 aliphatic heterocycles. The topological polar surface area (TPSA) is 66.8 Å². The van der Waals surface area contributed by atoms with Crippen LogP contribution in [0.5, 0.6) is 0 Å². The Morgan fingerprint density at radius 3 is 2.53 bits per heavy atom. The van der Waals surface area contributed by atoms with E-state index in [1.54, 1.807) is 31.2 Å². The van der Waals surface area contributed by atoms with Crippen LogP contribution in [0.2, 0.25) is 0 Å². The standard InChI is InChI=1S/C13H16ClNO4/c1-2-11(16)13(18)19-15(12(17)8-14)9-10-6-4-3-5-7-10/h3-7,11,16H,2,8-9H2,1H3. The fraction of sp³-hybridized carbons (Fsp3) is 0.385. The van der Waals surface area contributed by atoms with Gasteiger partial charge < -0.3 is 9.94 Å². The summed E-state index contributed by atoms with van der Waals surface area (Å²) < 4.78 is 0. The molecule has 1 aromatic carbocycles. The van der Waals surface area contributed by atoms with Gasteiger partial charge >= 0.3 is 5.97 Å². The number of benzene rings is 1. The molecule has 1 amide bonds. The summed E-state index contributed by atoms with van der Waals surface area (Å²) >= 11 is 5.46. The van der Waals surface area contributed by atoms with Crippen LogP contribution in [-0.2, 0) is 21.0 Å². The maximum absolute atomic E-state index is 11.6. The van der Waals surface area contributed by atoms with E-state index in [2.05, 4.69) is 0 Å². The molecule has 0 aliphatic rings. The molecule has 0 bridgehead atoms. The lowest BCUT2D eigenvalue weighted by molar-refractivity contribution is -0.206. The van der Waals surface area contributed by atoms with Gasteiger partial charge in [0.15, 0.2) is 6.10 Å². The Kier molecular flexibility index (Phi) is 6.32. The van der Waals surface area contributed by atoms with Crippen molar-refractivity contribution in [1.29, 1.82) is 0 Å². The smallest absolute Gasteiger partial charge is 0.360 e. The van der Waals surface area contributed by atoms with Gasteiger partial charge in [-0.1, -0.05) is 37.3 Å². The third-order valence-corrected chi connectivity index (χ3v) is 2.65. The Morgan fingerprint density at radius 2 is 2.00 bits per heavy atom. The number of aliphatic hydroxyl groups is 1. The fourth-order valence-corrected chi connectivity index (χ4v) is 1.46. The molecule has 0 heterocycles. The number of amides is 1. The van der Waals surface area contributed by atoms with Crippen LogP contribution in [0, 0.1) is 0 Å². The minimum absolute atomic E-state index is 0.0918. The first-order valence-corrected chi connectivity index (χ1v) is 6.42. The molecule has 0 saturated carbocycles. The first-order chi connectivity index (χ1) is 9.08. The fourth-order valence-electron chi connectivity index (χ4n) is 1.32. The van der Waals surface area contributed by atoms with Crippen molar-refractivity contribution in [2.24, 2.45) is 0 Å². The van der Waals surface area contributed by atoms with Gasteiger partial charge in [0.05, 0.1) is 6.54 Å². The number of hydroxylamine groups is 2. The molecule has 0 saturated heterocycles. The summed E-state index contributed by atoms with van der Waals surface area (Å²) in [5.74, 6) is -1.71. The zero-order valence-corrected chi connectivity index (χ0v) is 11.3. The lowest BCUT2D eigenvalue weighted by Gasteiger charge is -2.21. The highest BCUT2D eigenvalue weighted by atomic mass is 35.5. The second-order valence-electron chi connectivity index (χ2n) is 3.88. The molecular formula is C13H16ClNO4. The van der Waals surface area contributed by atoms with E-state index in [9.17, 15) is 14.7 Å². The number of carbonyl (C=O) groups excluding carboxylic acids is 2. The second-order valence-corrected chi connectivity index (χ2v) is 4.15. The zero-order chi connectivity index (χ0) is 14.3. The molecule has 19 heavy (non-hydrogen) atoms. The Hall–Kier alpha value is -1.59. The van der Waals surface area contributed by atoms with E-state index in [1.165, 1.54) is 0 Å². The minimum atomic E-state index is -1.25. The lowest BCUT2D eigenvalue weighted by atomic mass is 10.2. The number of aliphatic hydroxyl groups excluding tert-OH is 1. The molecule has 104 valence electrons. The summed E-state index contributed by atoms with van der Waals surface area (Å²) in [5.41, 5.74) is 0.791. The molecule has 0 fully saturated rings. The van der Waals surface area contributed by atoms with Gasteiger partial charge in [-0.25, -0.2) is 4.79 Å².